The SMILES string of the molecule is CC(C)(CCCCc1ccc(NCc2ccc3c(c2)Nc2nccnc2S3)cn1)C(=O)O. The molecule has 0 aliphatic carbocycles. The lowest BCUT2D eigenvalue weighted by atomic mass is 9.87. The Hall–Kier alpha value is -3.13. The van der Waals surface area contributed by atoms with Crippen LogP contribution in [0.5, 0.6) is 0 Å². The van der Waals surface area contributed by atoms with Crippen LogP contribution in [-0.4, -0.2) is 26.0 Å². The van der Waals surface area contributed by atoms with Crippen LogP contribution >= 0.6 is 11.8 Å². The number of anilines is 3. The van der Waals surface area contributed by atoms with Gasteiger partial charge in [-0.05, 0) is 62.9 Å². The maximum absolute atomic E-state index is 11.2. The number of fused-ring (bicyclic) bond motifs is 2. The van der Waals surface area contributed by atoms with E-state index in [1.807, 2.05) is 18.3 Å². The van der Waals surface area contributed by atoms with Crippen LogP contribution in [0.25, 0.3) is 0 Å². The second-order valence-electron chi connectivity index (χ2n) is 8.56. The van der Waals surface area contributed by atoms with E-state index in [0.29, 0.717) is 13.0 Å². The summed E-state index contributed by atoms with van der Waals surface area (Å²) in [4.78, 5) is 25.6. The number of carboxylic acid groups (broad SMARTS) is 1. The zero-order valence-corrected chi connectivity index (χ0v) is 19.1. The number of carboxylic acids is 1. The molecule has 4 rings (SSSR count). The number of pyridine rings is 1. The van der Waals surface area contributed by atoms with E-state index in [1.165, 1.54) is 0 Å². The Morgan fingerprint density at radius 1 is 1.12 bits per heavy atom. The largest absolute Gasteiger partial charge is 0.481 e. The molecule has 0 spiro atoms. The third-order valence-electron chi connectivity index (χ3n) is 5.55. The number of nitrogens with zero attached hydrogens (tertiary/aromatic N) is 3. The number of aliphatic carboxylic acids is 1. The molecular formula is C24H27N5O2S. The first-order valence-corrected chi connectivity index (χ1v) is 11.5. The fraction of sp³-hybridized carbons (Fsp3) is 0.333. The number of carbonyl (C=O) groups is 1. The number of unbranched alkanes of at least 4 members (excludes halogenated alkanes) is 1. The van der Waals surface area contributed by atoms with Crippen LogP contribution in [0.1, 0.15) is 44.4 Å². The molecule has 0 saturated carbocycles. The van der Waals surface area contributed by atoms with Gasteiger partial charge < -0.3 is 15.7 Å². The molecule has 2 aromatic heterocycles. The van der Waals surface area contributed by atoms with Gasteiger partial charge in [0.25, 0.3) is 0 Å². The molecule has 1 aliphatic heterocycles. The van der Waals surface area contributed by atoms with Crippen molar-refractivity contribution in [3.8, 4) is 0 Å². The number of hydrogen-bond donors (Lipinski definition) is 3. The molecule has 3 N–H and O–H groups in total. The Labute approximate surface area is 192 Å². The summed E-state index contributed by atoms with van der Waals surface area (Å²) in [6, 6.07) is 10.4. The minimum absolute atomic E-state index is 0.664. The van der Waals surface area contributed by atoms with Gasteiger partial charge in [-0.15, -0.1) is 0 Å². The number of benzene rings is 1. The van der Waals surface area contributed by atoms with Crippen LogP contribution in [-0.2, 0) is 17.8 Å². The number of nitrogens with one attached hydrogen (secondary N) is 2. The summed E-state index contributed by atoms with van der Waals surface area (Å²) in [7, 11) is 0. The first-order valence-electron chi connectivity index (χ1n) is 10.7. The van der Waals surface area contributed by atoms with E-state index >= 15 is 0 Å². The second-order valence-corrected chi connectivity index (χ2v) is 9.59. The molecule has 0 saturated heterocycles. The first kappa shape index (κ1) is 22.1. The van der Waals surface area contributed by atoms with E-state index in [9.17, 15) is 9.90 Å². The molecule has 32 heavy (non-hydrogen) atoms. The van der Waals surface area contributed by atoms with Crippen molar-refractivity contribution in [1.82, 2.24) is 15.0 Å². The number of aryl methyl sites for hydroxylation is 1. The van der Waals surface area contributed by atoms with Crippen LogP contribution < -0.4 is 10.6 Å². The topological polar surface area (TPSA) is 100 Å². The summed E-state index contributed by atoms with van der Waals surface area (Å²) in [5.74, 6) is 0.0550. The summed E-state index contributed by atoms with van der Waals surface area (Å²) in [5, 5.41) is 16.9. The van der Waals surface area contributed by atoms with E-state index in [-0.39, 0.29) is 0 Å². The highest BCUT2D eigenvalue weighted by Gasteiger charge is 2.26. The molecule has 0 atom stereocenters. The van der Waals surface area contributed by atoms with Gasteiger partial charge in [0, 0.05) is 29.5 Å². The molecule has 3 aromatic rings. The lowest BCUT2D eigenvalue weighted by molar-refractivity contribution is -0.147. The van der Waals surface area contributed by atoms with Crippen LogP contribution in [0, 0.1) is 5.41 Å². The summed E-state index contributed by atoms with van der Waals surface area (Å²) >= 11 is 1.62. The molecule has 3 heterocycles. The molecule has 8 heteroatoms. The summed E-state index contributed by atoms with van der Waals surface area (Å²) in [5.41, 5.74) is 3.54. The van der Waals surface area contributed by atoms with Crippen LogP contribution in [0.2, 0.25) is 0 Å². The van der Waals surface area contributed by atoms with E-state index in [4.69, 9.17) is 0 Å². The normalized spacial score (nSPS) is 12.4. The summed E-state index contributed by atoms with van der Waals surface area (Å²) < 4.78 is 0. The molecule has 1 aromatic carbocycles. The molecule has 7 nitrogen and oxygen atoms in total. The van der Waals surface area contributed by atoms with Crippen molar-refractivity contribution in [2.75, 3.05) is 10.6 Å². The Balaban J connectivity index is 1.27. The number of rotatable bonds is 9. The predicted octanol–water partition coefficient (Wildman–Crippen LogP) is 5.52. The quantitative estimate of drug-likeness (QED) is 0.287. The average Bonchev–Trinajstić information content (AvgIpc) is 2.79. The van der Waals surface area contributed by atoms with Gasteiger partial charge in [0.05, 0.1) is 23.0 Å². The Morgan fingerprint density at radius 2 is 1.97 bits per heavy atom. The van der Waals surface area contributed by atoms with E-state index in [0.717, 1.165) is 57.6 Å². The maximum Gasteiger partial charge on any atom is 0.309 e. The lowest BCUT2D eigenvalue weighted by Gasteiger charge is -2.19. The highest BCUT2D eigenvalue weighted by atomic mass is 32.2. The highest BCUT2D eigenvalue weighted by Crippen LogP contribution is 2.42. The van der Waals surface area contributed by atoms with Gasteiger partial charge in [0.2, 0.25) is 0 Å². The molecular weight excluding hydrogens is 422 g/mol. The Bertz CT molecular complexity index is 1100. The summed E-state index contributed by atoms with van der Waals surface area (Å²) in [6.07, 6.45) is 8.59. The summed E-state index contributed by atoms with van der Waals surface area (Å²) in [6.45, 7) is 4.25. The van der Waals surface area contributed by atoms with Gasteiger partial charge in [-0.25, -0.2) is 9.97 Å². The van der Waals surface area contributed by atoms with Crippen molar-refractivity contribution in [3.05, 3.63) is 60.2 Å². The van der Waals surface area contributed by atoms with Gasteiger partial charge >= 0.3 is 5.97 Å². The standard InChI is InChI=1S/C24H27N5O2S/c1-24(2,23(30)31)10-4-3-5-17-7-8-18(15-28-17)27-14-16-6-9-20-19(13-16)29-21-22(32-20)26-12-11-25-21/h6-9,11-13,15,27H,3-5,10,14H2,1-2H3,(H,25,29)(H,30,31). The van der Waals surface area contributed by atoms with Crippen molar-refractivity contribution < 1.29 is 9.90 Å². The Morgan fingerprint density at radius 3 is 2.75 bits per heavy atom. The van der Waals surface area contributed by atoms with Gasteiger partial charge in [-0.1, -0.05) is 24.2 Å². The van der Waals surface area contributed by atoms with E-state index in [1.54, 1.807) is 38.0 Å². The van der Waals surface area contributed by atoms with Gasteiger partial charge in [-0.2, -0.15) is 0 Å². The molecule has 0 unspecified atom stereocenters. The van der Waals surface area contributed by atoms with Crippen molar-refractivity contribution >= 4 is 34.9 Å². The molecule has 1 aliphatic rings. The highest BCUT2D eigenvalue weighted by molar-refractivity contribution is 7.99. The van der Waals surface area contributed by atoms with Crippen molar-refractivity contribution in [2.24, 2.45) is 5.41 Å². The zero-order valence-electron chi connectivity index (χ0n) is 18.3. The van der Waals surface area contributed by atoms with Gasteiger partial charge in [0.1, 0.15) is 5.03 Å². The van der Waals surface area contributed by atoms with E-state index in [2.05, 4.69) is 43.8 Å². The third-order valence-corrected chi connectivity index (χ3v) is 6.62. The maximum atomic E-state index is 11.2. The zero-order chi connectivity index (χ0) is 22.6. The second kappa shape index (κ2) is 9.56. The molecule has 0 fully saturated rings. The lowest BCUT2D eigenvalue weighted by Crippen LogP contribution is -2.23. The Kier molecular flexibility index (Phi) is 6.60. The van der Waals surface area contributed by atoms with Gasteiger partial charge in [-0.3, -0.25) is 9.78 Å². The molecule has 0 radical (unpaired) electrons. The van der Waals surface area contributed by atoms with Crippen LogP contribution in [0.3, 0.4) is 0 Å². The minimum Gasteiger partial charge on any atom is -0.481 e. The van der Waals surface area contributed by atoms with Crippen LogP contribution in [0.15, 0.2) is 58.8 Å². The third kappa shape index (κ3) is 5.37. The van der Waals surface area contributed by atoms with Crippen molar-refractivity contribution in [2.45, 2.75) is 56.0 Å². The molecule has 0 bridgehead atoms. The smallest absolute Gasteiger partial charge is 0.309 e. The monoisotopic (exact) mass is 449 g/mol. The number of hydrogen-bond acceptors (Lipinski definition) is 7. The van der Waals surface area contributed by atoms with Gasteiger partial charge in [0.15, 0.2) is 5.82 Å². The van der Waals surface area contributed by atoms with Crippen LogP contribution in [0.4, 0.5) is 17.2 Å². The van der Waals surface area contributed by atoms with E-state index < -0.39 is 11.4 Å². The predicted molar refractivity (Wildman–Crippen MR) is 126 cm³/mol. The van der Waals surface area contributed by atoms with Crippen molar-refractivity contribution in [3.63, 3.8) is 0 Å². The minimum atomic E-state index is -0.738. The van der Waals surface area contributed by atoms with Crippen molar-refractivity contribution in [1.29, 1.82) is 0 Å². The molecule has 166 valence electrons. The first-order chi connectivity index (χ1) is 15.4. The number of aromatic nitrogens is 3. The fourth-order valence-electron chi connectivity index (χ4n) is 3.45. The molecule has 0 amide bonds. The fourth-order valence-corrected chi connectivity index (χ4v) is 4.33. The average molecular weight is 450 g/mol.